The molecule has 23 heavy (non-hydrogen) atoms. The van der Waals surface area contributed by atoms with Gasteiger partial charge in [-0.2, -0.15) is 0 Å². The summed E-state index contributed by atoms with van der Waals surface area (Å²) in [6.07, 6.45) is 0. The number of thioether (sulfide) groups is 1. The minimum absolute atomic E-state index is 0.141. The summed E-state index contributed by atoms with van der Waals surface area (Å²) in [5.74, 6) is -1.61. The molecule has 1 aromatic carbocycles. The molecular weight excluding hydrogens is 322 g/mol. The number of ether oxygens (including phenoxy) is 1. The molecule has 1 aromatic rings. The van der Waals surface area contributed by atoms with Gasteiger partial charge in [-0.1, -0.05) is 0 Å². The number of amides is 4. The molecule has 0 saturated carbocycles. The van der Waals surface area contributed by atoms with Crippen LogP contribution in [-0.4, -0.2) is 42.7 Å². The van der Waals surface area contributed by atoms with Gasteiger partial charge in [-0.15, -0.1) is 11.8 Å². The first-order valence-corrected chi connectivity index (χ1v) is 7.59. The Balaban J connectivity index is 1.98. The van der Waals surface area contributed by atoms with Crippen molar-refractivity contribution in [3.05, 3.63) is 23.8 Å². The number of nitrogens with one attached hydrogen (secondary N) is 3. The number of carbonyl (C=O) groups excluding carboxylic acids is 4. The van der Waals surface area contributed by atoms with Crippen LogP contribution in [0.3, 0.4) is 0 Å². The van der Waals surface area contributed by atoms with Crippen molar-refractivity contribution in [1.29, 1.82) is 0 Å². The predicted octanol–water partition coefficient (Wildman–Crippen LogP) is 0.732. The zero-order valence-corrected chi connectivity index (χ0v) is 13.3. The molecule has 1 heterocycles. The highest BCUT2D eigenvalue weighted by molar-refractivity contribution is 8.00. The molecule has 1 atom stereocenters. The highest BCUT2D eigenvalue weighted by Gasteiger charge is 2.24. The van der Waals surface area contributed by atoms with Gasteiger partial charge in [-0.05, 0) is 25.1 Å². The predicted molar refractivity (Wildman–Crippen MR) is 83.3 cm³/mol. The number of benzene rings is 1. The van der Waals surface area contributed by atoms with Crippen molar-refractivity contribution in [3.8, 4) is 0 Å². The van der Waals surface area contributed by atoms with Gasteiger partial charge >= 0.3 is 12.0 Å². The summed E-state index contributed by atoms with van der Waals surface area (Å²) in [5, 5.41) is 6.68. The van der Waals surface area contributed by atoms with Crippen LogP contribution in [-0.2, 0) is 14.3 Å². The third-order valence-electron chi connectivity index (χ3n) is 2.96. The van der Waals surface area contributed by atoms with E-state index in [4.69, 9.17) is 4.74 Å². The van der Waals surface area contributed by atoms with Gasteiger partial charge in [0, 0.05) is 11.9 Å². The maximum atomic E-state index is 11.9. The van der Waals surface area contributed by atoms with E-state index in [-0.39, 0.29) is 16.7 Å². The van der Waals surface area contributed by atoms with Gasteiger partial charge in [-0.3, -0.25) is 14.9 Å². The summed E-state index contributed by atoms with van der Waals surface area (Å²) in [6, 6.07) is 4.06. The van der Waals surface area contributed by atoms with E-state index in [1.165, 1.54) is 24.9 Å². The molecule has 8 nitrogen and oxygen atoms in total. The standard InChI is InChI=1S/C14H15N3O5S/c1-7-12(19)16-9-5-8(3-4-10(9)23-7)13(20)22-6-11(18)17-14(21)15-2/h3-5,7H,6H2,1-2H3,(H,16,19)(H2,15,17,18,21). The monoisotopic (exact) mass is 337 g/mol. The largest absolute Gasteiger partial charge is 0.452 e. The first-order valence-electron chi connectivity index (χ1n) is 6.71. The molecule has 0 radical (unpaired) electrons. The minimum atomic E-state index is -0.742. The smallest absolute Gasteiger partial charge is 0.338 e. The van der Waals surface area contributed by atoms with E-state index in [9.17, 15) is 19.2 Å². The van der Waals surface area contributed by atoms with E-state index < -0.39 is 24.5 Å². The van der Waals surface area contributed by atoms with Gasteiger partial charge in [0.1, 0.15) is 0 Å². The molecular formula is C14H15N3O5S. The maximum absolute atomic E-state index is 11.9. The SMILES string of the molecule is CNC(=O)NC(=O)COC(=O)c1ccc2c(c1)NC(=O)C(C)S2. The lowest BCUT2D eigenvalue weighted by molar-refractivity contribution is -0.123. The average molecular weight is 337 g/mol. The number of anilines is 1. The Kier molecular flexibility index (Phi) is 5.22. The summed E-state index contributed by atoms with van der Waals surface area (Å²) < 4.78 is 4.82. The van der Waals surface area contributed by atoms with Crippen LogP contribution in [0.25, 0.3) is 0 Å². The molecule has 2 rings (SSSR count). The number of hydrogen-bond donors (Lipinski definition) is 3. The lowest BCUT2D eigenvalue weighted by Gasteiger charge is -2.21. The zero-order chi connectivity index (χ0) is 17.0. The lowest BCUT2D eigenvalue weighted by Crippen LogP contribution is -2.39. The number of fused-ring (bicyclic) bond motifs is 1. The van der Waals surface area contributed by atoms with Crippen molar-refractivity contribution in [2.45, 2.75) is 17.1 Å². The first kappa shape index (κ1) is 16.8. The Morgan fingerprint density at radius 3 is 2.78 bits per heavy atom. The fourth-order valence-electron chi connectivity index (χ4n) is 1.78. The van der Waals surface area contributed by atoms with E-state index in [2.05, 4.69) is 10.6 Å². The second kappa shape index (κ2) is 7.14. The molecule has 1 aliphatic rings. The normalized spacial score (nSPS) is 15.9. The summed E-state index contributed by atoms with van der Waals surface area (Å²) in [7, 11) is 1.36. The molecule has 1 aliphatic heterocycles. The molecule has 0 bridgehead atoms. The highest BCUT2D eigenvalue weighted by Crippen LogP contribution is 2.35. The van der Waals surface area contributed by atoms with Gasteiger partial charge in [0.25, 0.3) is 5.91 Å². The fourth-order valence-corrected chi connectivity index (χ4v) is 2.71. The maximum Gasteiger partial charge on any atom is 0.338 e. The van der Waals surface area contributed by atoms with Crippen LogP contribution in [0.15, 0.2) is 23.1 Å². The number of imide groups is 1. The summed E-state index contributed by atoms with van der Waals surface area (Å²) in [5.41, 5.74) is 0.731. The van der Waals surface area contributed by atoms with Crippen molar-refractivity contribution >= 4 is 41.3 Å². The van der Waals surface area contributed by atoms with Gasteiger partial charge in [0.2, 0.25) is 5.91 Å². The molecule has 0 fully saturated rings. The van der Waals surface area contributed by atoms with Crippen molar-refractivity contribution in [2.24, 2.45) is 0 Å². The second-order valence-electron chi connectivity index (χ2n) is 4.66. The Labute approximate surface area is 136 Å². The van der Waals surface area contributed by atoms with Crippen LogP contribution in [0, 0.1) is 0 Å². The molecule has 0 spiro atoms. The number of urea groups is 1. The van der Waals surface area contributed by atoms with E-state index in [0.717, 1.165) is 4.90 Å². The third-order valence-corrected chi connectivity index (χ3v) is 4.14. The lowest BCUT2D eigenvalue weighted by atomic mass is 10.2. The summed E-state index contributed by atoms with van der Waals surface area (Å²) in [4.78, 5) is 46.7. The Hall–Kier alpha value is -2.55. The van der Waals surface area contributed by atoms with Crippen molar-refractivity contribution in [1.82, 2.24) is 10.6 Å². The quantitative estimate of drug-likeness (QED) is 0.701. The molecule has 4 amide bonds. The van der Waals surface area contributed by atoms with Crippen LogP contribution in [0.5, 0.6) is 0 Å². The van der Waals surface area contributed by atoms with Gasteiger partial charge in [-0.25, -0.2) is 9.59 Å². The van der Waals surface area contributed by atoms with Crippen LogP contribution in [0.4, 0.5) is 10.5 Å². The number of esters is 1. The summed E-state index contributed by atoms with van der Waals surface area (Å²) >= 11 is 1.40. The third kappa shape index (κ3) is 4.22. The second-order valence-corrected chi connectivity index (χ2v) is 6.05. The average Bonchev–Trinajstić information content (AvgIpc) is 2.53. The molecule has 3 N–H and O–H groups in total. The number of hydrogen-bond acceptors (Lipinski definition) is 6. The van der Waals surface area contributed by atoms with Gasteiger partial charge in [0.15, 0.2) is 6.61 Å². The van der Waals surface area contributed by atoms with Crippen LogP contribution in [0.1, 0.15) is 17.3 Å². The van der Waals surface area contributed by atoms with Gasteiger partial charge < -0.3 is 15.4 Å². The Bertz CT molecular complexity index is 676. The molecule has 9 heteroatoms. The fraction of sp³-hybridized carbons (Fsp3) is 0.286. The molecule has 0 saturated heterocycles. The van der Waals surface area contributed by atoms with Crippen molar-refractivity contribution in [3.63, 3.8) is 0 Å². The van der Waals surface area contributed by atoms with Crippen molar-refractivity contribution in [2.75, 3.05) is 19.0 Å². The molecule has 0 aliphatic carbocycles. The van der Waals surface area contributed by atoms with Crippen LogP contribution >= 0.6 is 11.8 Å². The first-order chi connectivity index (χ1) is 10.9. The highest BCUT2D eigenvalue weighted by atomic mass is 32.2. The molecule has 122 valence electrons. The number of carbonyl (C=O) groups is 4. The van der Waals surface area contributed by atoms with Crippen molar-refractivity contribution < 1.29 is 23.9 Å². The number of rotatable bonds is 3. The Morgan fingerprint density at radius 1 is 1.35 bits per heavy atom. The Morgan fingerprint density at radius 2 is 2.09 bits per heavy atom. The van der Waals surface area contributed by atoms with Crippen LogP contribution < -0.4 is 16.0 Å². The van der Waals surface area contributed by atoms with E-state index in [1.54, 1.807) is 19.1 Å². The van der Waals surface area contributed by atoms with Gasteiger partial charge in [0.05, 0.1) is 16.5 Å². The molecule has 0 aromatic heterocycles. The molecule has 1 unspecified atom stereocenters. The topological polar surface area (TPSA) is 114 Å². The zero-order valence-electron chi connectivity index (χ0n) is 12.5. The summed E-state index contributed by atoms with van der Waals surface area (Å²) in [6.45, 7) is 1.21. The van der Waals surface area contributed by atoms with Crippen LogP contribution in [0.2, 0.25) is 0 Å². The minimum Gasteiger partial charge on any atom is -0.452 e. The van der Waals surface area contributed by atoms with E-state index >= 15 is 0 Å². The van der Waals surface area contributed by atoms with E-state index in [1.807, 2.05) is 5.32 Å². The van der Waals surface area contributed by atoms with E-state index in [0.29, 0.717) is 5.69 Å².